The summed E-state index contributed by atoms with van der Waals surface area (Å²) < 4.78 is 0. The molecule has 0 atom stereocenters. The van der Waals surface area contributed by atoms with Crippen molar-refractivity contribution in [1.82, 2.24) is 4.90 Å². The number of nitrogens with zero attached hydrogens (tertiary/aromatic N) is 1. The molecule has 1 aliphatic carbocycles. The smallest absolute Gasteiger partial charge is 0.231 e. The van der Waals surface area contributed by atoms with Gasteiger partial charge in [0.2, 0.25) is 5.91 Å². The molecule has 20 heavy (non-hydrogen) atoms. The van der Waals surface area contributed by atoms with Gasteiger partial charge in [-0.15, -0.1) is 11.3 Å². The Morgan fingerprint density at radius 2 is 1.90 bits per heavy atom. The van der Waals surface area contributed by atoms with Gasteiger partial charge in [-0.1, -0.05) is 30.3 Å². The maximum Gasteiger partial charge on any atom is 0.231 e. The summed E-state index contributed by atoms with van der Waals surface area (Å²) in [6, 6.07) is 13.1. The first kappa shape index (κ1) is 13.3. The molecule has 0 unspecified atom stereocenters. The van der Waals surface area contributed by atoms with Crippen LogP contribution in [-0.4, -0.2) is 23.4 Å². The molecule has 2 N–H and O–H groups in total. The zero-order valence-electron chi connectivity index (χ0n) is 11.3. The van der Waals surface area contributed by atoms with Gasteiger partial charge in [-0.05, 0) is 35.4 Å². The molecule has 0 radical (unpaired) electrons. The summed E-state index contributed by atoms with van der Waals surface area (Å²) in [4.78, 5) is 14.8. The minimum atomic E-state index is -0.252. The second-order valence-electron chi connectivity index (χ2n) is 5.28. The van der Waals surface area contributed by atoms with Gasteiger partial charge in [-0.3, -0.25) is 9.69 Å². The highest BCUT2D eigenvalue weighted by Crippen LogP contribution is 2.26. The van der Waals surface area contributed by atoms with Crippen LogP contribution in [-0.2, 0) is 24.2 Å². The number of carbonyl (C=O) groups is 1. The van der Waals surface area contributed by atoms with Crippen LogP contribution in [0.5, 0.6) is 0 Å². The minimum Gasteiger partial charge on any atom is -0.369 e. The molecule has 3 rings (SSSR count). The van der Waals surface area contributed by atoms with Gasteiger partial charge in [0, 0.05) is 17.5 Å². The highest BCUT2D eigenvalue weighted by molar-refractivity contribution is 7.09. The number of rotatable bonds is 5. The van der Waals surface area contributed by atoms with Crippen LogP contribution in [0.4, 0.5) is 0 Å². The van der Waals surface area contributed by atoms with E-state index in [1.165, 1.54) is 16.0 Å². The highest BCUT2D eigenvalue weighted by atomic mass is 32.1. The van der Waals surface area contributed by atoms with Crippen LogP contribution in [0, 0.1) is 0 Å². The van der Waals surface area contributed by atoms with Crippen molar-refractivity contribution in [2.75, 3.05) is 6.54 Å². The van der Waals surface area contributed by atoms with E-state index in [0.717, 1.165) is 19.4 Å². The number of primary amides is 1. The molecule has 0 fully saturated rings. The summed E-state index contributed by atoms with van der Waals surface area (Å²) in [6.07, 6.45) is 2.02. The third-order valence-corrected chi connectivity index (χ3v) is 4.70. The van der Waals surface area contributed by atoms with E-state index >= 15 is 0 Å². The highest BCUT2D eigenvalue weighted by Gasteiger charge is 2.27. The van der Waals surface area contributed by atoms with Gasteiger partial charge in [-0.25, -0.2) is 0 Å². The summed E-state index contributed by atoms with van der Waals surface area (Å²) >= 11 is 1.73. The molecular weight excluding hydrogens is 268 g/mol. The fourth-order valence-electron chi connectivity index (χ4n) is 2.91. The van der Waals surface area contributed by atoms with Crippen molar-refractivity contribution in [2.24, 2.45) is 5.73 Å². The summed E-state index contributed by atoms with van der Waals surface area (Å²) in [5.41, 5.74) is 8.22. The minimum absolute atomic E-state index is 0.252. The van der Waals surface area contributed by atoms with Gasteiger partial charge in [0.1, 0.15) is 0 Å². The number of benzene rings is 1. The van der Waals surface area contributed by atoms with E-state index in [-0.39, 0.29) is 5.91 Å². The Morgan fingerprint density at radius 3 is 2.45 bits per heavy atom. The molecule has 2 aromatic rings. The summed E-state index contributed by atoms with van der Waals surface area (Å²) in [5, 5.41) is 2.07. The summed E-state index contributed by atoms with van der Waals surface area (Å²) in [7, 11) is 0. The first-order chi connectivity index (χ1) is 9.72. The molecule has 1 aromatic carbocycles. The van der Waals surface area contributed by atoms with Crippen molar-refractivity contribution in [3.8, 4) is 0 Å². The molecule has 0 saturated heterocycles. The van der Waals surface area contributed by atoms with E-state index in [4.69, 9.17) is 5.73 Å². The molecule has 1 amide bonds. The van der Waals surface area contributed by atoms with Crippen molar-refractivity contribution in [1.29, 1.82) is 0 Å². The first-order valence-corrected chi connectivity index (χ1v) is 7.72. The zero-order chi connectivity index (χ0) is 13.9. The lowest BCUT2D eigenvalue weighted by Gasteiger charge is -2.27. The largest absolute Gasteiger partial charge is 0.369 e. The van der Waals surface area contributed by atoms with E-state index in [2.05, 4.69) is 40.6 Å². The second-order valence-corrected chi connectivity index (χ2v) is 6.31. The Morgan fingerprint density at radius 1 is 1.20 bits per heavy atom. The van der Waals surface area contributed by atoms with E-state index in [0.29, 0.717) is 12.6 Å². The van der Waals surface area contributed by atoms with Crippen molar-refractivity contribution in [3.63, 3.8) is 0 Å². The predicted octanol–water partition coefficient (Wildman–Crippen LogP) is 2.20. The van der Waals surface area contributed by atoms with Gasteiger partial charge in [-0.2, -0.15) is 0 Å². The normalized spacial score (nSPS) is 14.7. The number of amides is 1. The van der Waals surface area contributed by atoms with Gasteiger partial charge < -0.3 is 5.73 Å². The number of hydrogen-bond donors (Lipinski definition) is 1. The monoisotopic (exact) mass is 286 g/mol. The average Bonchev–Trinajstić information content (AvgIpc) is 3.05. The molecule has 0 saturated carbocycles. The molecule has 0 spiro atoms. The number of nitrogens with two attached hydrogens (primary N) is 1. The maximum atomic E-state index is 11.4. The fraction of sp³-hybridized carbons (Fsp3) is 0.312. The van der Waals surface area contributed by atoms with Crippen molar-refractivity contribution in [3.05, 3.63) is 57.8 Å². The topological polar surface area (TPSA) is 46.3 Å². The van der Waals surface area contributed by atoms with Crippen LogP contribution in [0.3, 0.4) is 0 Å². The molecule has 1 heterocycles. The molecule has 0 bridgehead atoms. The maximum absolute atomic E-state index is 11.4. The molecule has 4 heteroatoms. The molecule has 0 aliphatic heterocycles. The predicted molar refractivity (Wildman–Crippen MR) is 81.6 cm³/mol. The first-order valence-electron chi connectivity index (χ1n) is 6.84. The standard InChI is InChI=1S/C16H18N2OS/c17-16(19)11-18(10-15-6-3-7-20-15)14-8-12-4-1-2-5-13(12)9-14/h1-7,14H,8-11H2,(H2,17,19). The Balaban J connectivity index is 1.75. The number of hydrogen-bond acceptors (Lipinski definition) is 3. The fourth-order valence-corrected chi connectivity index (χ4v) is 3.64. The number of fused-ring (bicyclic) bond motifs is 1. The molecule has 3 nitrogen and oxygen atoms in total. The Kier molecular flexibility index (Phi) is 3.85. The third-order valence-electron chi connectivity index (χ3n) is 3.84. The van der Waals surface area contributed by atoms with Crippen LogP contribution < -0.4 is 5.73 Å². The Labute approximate surface area is 123 Å². The van der Waals surface area contributed by atoms with Crippen LogP contribution in [0.25, 0.3) is 0 Å². The van der Waals surface area contributed by atoms with E-state index < -0.39 is 0 Å². The lowest BCUT2D eigenvalue weighted by molar-refractivity contribution is -0.119. The number of carbonyl (C=O) groups excluding carboxylic acids is 1. The second kappa shape index (κ2) is 5.77. The zero-order valence-corrected chi connectivity index (χ0v) is 12.1. The van der Waals surface area contributed by atoms with E-state index in [1.807, 2.05) is 6.07 Å². The van der Waals surface area contributed by atoms with Gasteiger partial charge in [0.15, 0.2) is 0 Å². The van der Waals surface area contributed by atoms with Crippen LogP contribution in [0.1, 0.15) is 16.0 Å². The Hall–Kier alpha value is -1.65. The lowest BCUT2D eigenvalue weighted by atomic mass is 10.1. The third kappa shape index (κ3) is 2.92. The van der Waals surface area contributed by atoms with Gasteiger partial charge in [0.05, 0.1) is 6.54 Å². The van der Waals surface area contributed by atoms with Crippen molar-refractivity contribution >= 4 is 17.2 Å². The molecule has 1 aromatic heterocycles. The SMILES string of the molecule is NC(=O)CN(Cc1cccs1)C1Cc2ccccc2C1. The van der Waals surface area contributed by atoms with E-state index in [9.17, 15) is 4.79 Å². The van der Waals surface area contributed by atoms with Crippen molar-refractivity contribution in [2.45, 2.75) is 25.4 Å². The summed E-state index contributed by atoms with van der Waals surface area (Å²) in [6.45, 7) is 1.13. The Bertz CT molecular complexity index is 569. The molecule has 1 aliphatic rings. The average molecular weight is 286 g/mol. The quantitative estimate of drug-likeness (QED) is 0.916. The molecular formula is C16H18N2OS. The van der Waals surface area contributed by atoms with Crippen LogP contribution in [0.15, 0.2) is 41.8 Å². The van der Waals surface area contributed by atoms with Gasteiger partial charge in [0.25, 0.3) is 0 Å². The van der Waals surface area contributed by atoms with Gasteiger partial charge >= 0.3 is 0 Å². The lowest BCUT2D eigenvalue weighted by Crippen LogP contribution is -2.41. The number of thiophene rings is 1. The molecule has 104 valence electrons. The summed E-state index contributed by atoms with van der Waals surface area (Å²) in [5.74, 6) is -0.252. The van der Waals surface area contributed by atoms with Crippen LogP contribution in [0.2, 0.25) is 0 Å². The van der Waals surface area contributed by atoms with Crippen LogP contribution >= 0.6 is 11.3 Å². The van der Waals surface area contributed by atoms with Crippen molar-refractivity contribution < 1.29 is 4.79 Å². The van der Waals surface area contributed by atoms with E-state index in [1.54, 1.807) is 11.3 Å².